The van der Waals surface area contributed by atoms with Gasteiger partial charge in [0.05, 0.1) is 13.7 Å². The van der Waals surface area contributed by atoms with Crippen molar-refractivity contribution in [2.45, 2.75) is 13.1 Å². The van der Waals surface area contributed by atoms with Crippen LogP contribution in [0, 0.1) is 0 Å². The van der Waals surface area contributed by atoms with Crippen LogP contribution in [0.2, 0.25) is 0 Å². The molecule has 1 N–H and O–H groups in total. The Kier molecular flexibility index (Phi) is 4.23. The Hall–Kier alpha value is -2.31. The lowest BCUT2D eigenvalue weighted by Gasteiger charge is -2.24. The number of thiophene rings is 1. The monoisotopic (exact) mass is 355 g/mol. The summed E-state index contributed by atoms with van der Waals surface area (Å²) in [5, 5.41) is 1.07. The second kappa shape index (κ2) is 6.54. The molecule has 0 radical (unpaired) electrons. The average molecular weight is 355 g/mol. The number of nitrogens with one attached hydrogen (secondary N) is 1. The molecular weight excluding hydrogens is 334 g/mol. The van der Waals surface area contributed by atoms with Crippen molar-refractivity contribution in [3.8, 4) is 0 Å². The van der Waals surface area contributed by atoms with Crippen molar-refractivity contribution in [3.05, 3.63) is 52.5 Å². The number of H-pyrrole nitrogens is 1. The molecule has 0 aliphatic carbocycles. The Balaban J connectivity index is 1.60. The summed E-state index contributed by atoms with van der Waals surface area (Å²) in [5.74, 6) is -0.325. The van der Waals surface area contributed by atoms with E-state index >= 15 is 0 Å². The molecule has 0 atom stereocenters. The first-order valence-electron chi connectivity index (χ1n) is 8.35. The zero-order valence-electron chi connectivity index (χ0n) is 14.4. The SMILES string of the molecule is COC(=O)c1cc2cc(CN3CCN(C)Cc4ccccc43)sc2[nH]1. The molecule has 1 aliphatic rings. The Morgan fingerprint density at radius 2 is 2.12 bits per heavy atom. The number of benzene rings is 1. The van der Waals surface area contributed by atoms with Gasteiger partial charge in [-0.25, -0.2) is 4.79 Å². The maximum absolute atomic E-state index is 11.6. The van der Waals surface area contributed by atoms with Crippen LogP contribution in [-0.4, -0.2) is 43.1 Å². The van der Waals surface area contributed by atoms with Crippen LogP contribution in [0.1, 0.15) is 20.9 Å². The normalized spacial score (nSPS) is 15.2. The highest BCUT2D eigenvalue weighted by atomic mass is 32.1. The zero-order chi connectivity index (χ0) is 17.4. The smallest absolute Gasteiger partial charge is 0.354 e. The van der Waals surface area contributed by atoms with Gasteiger partial charge in [0.1, 0.15) is 10.5 Å². The number of rotatable bonds is 3. The number of esters is 1. The van der Waals surface area contributed by atoms with Gasteiger partial charge in [0.15, 0.2) is 0 Å². The molecule has 130 valence electrons. The second-order valence-electron chi connectivity index (χ2n) is 6.46. The summed E-state index contributed by atoms with van der Waals surface area (Å²) in [4.78, 5) is 21.9. The van der Waals surface area contributed by atoms with Gasteiger partial charge in [0.25, 0.3) is 0 Å². The van der Waals surface area contributed by atoms with Crippen LogP contribution in [0.25, 0.3) is 10.2 Å². The van der Waals surface area contributed by atoms with E-state index in [9.17, 15) is 4.79 Å². The van der Waals surface area contributed by atoms with Gasteiger partial charge in [0.2, 0.25) is 0 Å². The molecule has 1 aliphatic heterocycles. The largest absolute Gasteiger partial charge is 0.464 e. The summed E-state index contributed by atoms with van der Waals surface area (Å²) in [6.45, 7) is 3.92. The molecule has 3 heterocycles. The van der Waals surface area contributed by atoms with Crippen molar-refractivity contribution in [2.75, 3.05) is 32.1 Å². The van der Waals surface area contributed by atoms with Crippen LogP contribution < -0.4 is 4.90 Å². The number of carbonyl (C=O) groups is 1. The molecule has 0 amide bonds. The summed E-state index contributed by atoms with van der Waals surface area (Å²) in [7, 11) is 3.57. The average Bonchev–Trinajstić information content (AvgIpc) is 3.12. The van der Waals surface area contributed by atoms with Crippen molar-refractivity contribution < 1.29 is 9.53 Å². The van der Waals surface area contributed by atoms with Crippen molar-refractivity contribution in [2.24, 2.45) is 0 Å². The fourth-order valence-corrected chi connectivity index (χ4v) is 4.43. The number of ether oxygens (including phenoxy) is 1. The lowest BCUT2D eigenvalue weighted by molar-refractivity contribution is 0.0595. The zero-order valence-corrected chi connectivity index (χ0v) is 15.2. The summed E-state index contributed by atoms with van der Waals surface area (Å²) in [6, 6.07) is 12.7. The van der Waals surface area contributed by atoms with E-state index in [1.54, 1.807) is 11.3 Å². The first kappa shape index (κ1) is 16.2. The maximum atomic E-state index is 11.6. The number of para-hydroxylation sites is 1. The highest BCUT2D eigenvalue weighted by Gasteiger charge is 2.19. The van der Waals surface area contributed by atoms with Gasteiger partial charge in [-0.15, -0.1) is 11.3 Å². The molecular formula is C19H21N3O2S. The summed E-state index contributed by atoms with van der Waals surface area (Å²) in [6.07, 6.45) is 0. The molecule has 25 heavy (non-hydrogen) atoms. The topological polar surface area (TPSA) is 48.6 Å². The van der Waals surface area contributed by atoms with Gasteiger partial charge < -0.3 is 19.5 Å². The van der Waals surface area contributed by atoms with Crippen molar-refractivity contribution >= 4 is 33.2 Å². The van der Waals surface area contributed by atoms with Gasteiger partial charge >= 0.3 is 5.97 Å². The van der Waals surface area contributed by atoms with E-state index in [0.717, 1.165) is 36.4 Å². The summed E-state index contributed by atoms with van der Waals surface area (Å²) in [5.41, 5.74) is 3.20. The lowest BCUT2D eigenvalue weighted by Crippen LogP contribution is -2.28. The van der Waals surface area contributed by atoms with Crippen LogP contribution in [-0.2, 0) is 17.8 Å². The number of anilines is 1. The molecule has 0 spiro atoms. The molecule has 0 bridgehead atoms. The molecule has 4 rings (SSSR count). The quantitative estimate of drug-likeness (QED) is 0.731. The van der Waals surface area contributed by atoms with Gasteiger partial charge in [-0.3, -0.25) is 0 Å². The van der Waals surface area contributed by atoms with Crippen LogP contribution in [0.4, 0.5) is 5.69 Å². The van der Waals surface area contributed by atoms with E-state index in [2.05, 4.69) is 52.2 Å². The third-order valence-corrected chi connectivity index (χ3v) is 5.69. The van der Waals surface area contributed by atoms with E-state index < -0.39 is 0 Å². The first-order valence-corrected chi connectivity index (χ1v) is 9.17. The molecule has 0 saturated carbocycles. The third-order valence-electron chi connectivity index (χ3n) is 4.64. The van der Waals surface area contributed by atoms with E-state index in [4.69, 9.17) is 4.74 Å². The molecule has 0 saturated heterocycles. The predicted octanol–water partition coefficient (Wildman–Crippen LogP) is 3.47. The molecule has 1 aromatic carbocycles. The minimum atomic E-state index is -0.325. The molecule has 3 aromatic rings. The number of likely N-dealkylation sites (N-methyl/N-ethyl adjacent to an activating group) is 1. The van der Waals surface area contributed by atoms with E-state index in [1.165, 1.54) is 23.2 Å². The third kappa shape index (κ3) is 3.15. The number of fused-ring (bicyclic) bond motifs is 2. The molecule has 2 aromatic heterocycles. The fraction of sp³-hybridized carbons (Fsp3) is 0.316. The molecule has 5 nitrogen and oxygen atoms in total. The van der Waals surface area contributed by atoms with E-state index in [-0.39, 0.29) is 5.97 Å². The van der Waals surface area contributed by atoms with Gasteiger partial charge in [-0.1, -0.05) is 18.2 Å². The van der Waals surface area contributed by atoms with Crippen molar-refractivity contribution in [1.29, 1.82) is 0 Å². The number of nitrogens with zero attached hydrogens (tertiary/aromatic N) is 2. The molecule has 0 fully saturated rings. The van der Waals surface area contributed by atoms with Crippen LogP contribution in [0.15, 0.2) is 36.4 Å². The summed E-state index contributed by atoms with van der Waals surface area (Å²) >= 11 is 1.70. The Morgan fingerprint density at radius 3 is 2.92 bits per heavy atom. The van der Waals surface area contributed by atoms with Crippen molar-refractivity contribution in [1.82, 2.24) is 9.88 Å². The number of aromatic nitrogens is 1. The number of methoxy groups -OCH3 is 1. The van der Waals surface area contributed by atoms with Gasteiger partial charge in [0, 0.05) is 35.6 Å². The number of carbonyl (C=O) groups excluding carboxylic acids is 1. The Bertz CT molecular complexity index is 883. The summed E-state index contributed by atoms with van der Waals surface area (Å²) < 4.78 is 4.77. The number of hydrogen-bond acceptors (Lipinski definition) is 5. The van der Waals surface area contributed by atoms with E-state index in [0.29, 0.717) is 5.69 Å². The van der Waals surface area contributed by atoms with Crippen LogP contribution in [0.3, 0.4) is 0 Å². The lowest BCUT2D eigenvalue weighted by atomic mass is 10.1. The fourth-order valence-electron chi connectivity index (χ4n) is 3.36. The molecule has 0 unspecified atom stereocenters. The standard InChI is InChI=1S/C19H21N3O2S/c1-21-7-8-22(17-6-4-3-5-13(17)11-21)12-15-9-14-10-16(19(23)24-2)20-18(14)25-15/h3-6,9-10,20H,7-8,11-12H2,1-2H3. The van der Waals surface area contributed by atoms with E-state index in [1.807, 2.05) is 6.07 Å². The van der Waals surface area contributed by atoms with Crippen LogP contribution >= 0.6 is 11.3 Å². The number of hydrogen-bond donors (Lipinski definition) is 1. The van der Waals surface area contributed by atoms with Gasteiger partial charge in [-0.2, -0.15) is 0 Å². The predicted molar refractivity (Wildman–Crippen MR) is 101 cm³/mol. The number of aromatic amines is 1. The highest BCUT2D eigenvalue weighted by Crippen LogP contribution is 2.31. The van der Waals surface area contributed by atoms with Crippen LogP contribution in [0.5, 0.6) is 0 Å². The second-order valence-corrected chi connectivity index (χ2v) is 7.60. The van der Waals surface area contributed by atoms with Crippen molar-refractivity contribution in [3.63, 3.8) is 0 Å². The highest BCUT2D eigenvalue weighted by molar-refractivity contribution is 7.18. The first-order chi connectivity index (χ1) is 12.1. The minimum Gasteiger partial charge on any atom is -0.464 e. The molecule has 6 heteroatoms. The minimum absolute atomic E-state index is 0.325. The Labute approximate surface area is 150 Å². The maximum Gasteiger partial charge on any atom is 0.354 e. The Morgan fingerprint density at radius 1 is 1.28 bits per heavy atom. The van der Waals surface area contributed by atoms with Gasteiger partial charge in [-0.05, 0) is 30.8 Å².